The van der Waals surface area contributed by atoms with Crippen molar-refractivity contribution >= 4 is 27.5 Å². The molecule has 1 fully saturated rings. The van der Waals surface area contributed by atoms with Gasteiger partial charge in [-0.05, 0) is 31.0 Å². The van der Waals surface area contributed by atoms with Gasteiger partial charge in [-0.25, -0.2) is 8.42 Å². The van der Waals surface area contributed by atoms with Crippen LogP contribution >= 0.6 is 11.8 Å². The van der Waals surface area contributed by atoms with Crippen LogP contribution < -0.4 is 0 Å². The van der Waals surface area contributed by atoms with Crippen LogP contribution in [0.1, 0.15) is 12.8 Å². The molecule has 2 aromatic carbocycles. The Labute approximate surface area is 144 Å². The molecule has 0 radical (unpaired) electrons. The van der Waals surface area contributed by atoms with Crippen molar-refractivity contribution in [2.75, 3.05) is 13.1 Å². The maximum Gasteiger partial charge on any atom is 0.270 e. The van der Waals surface area contributed by atoms with Crippen LogP contribution in [0.4, 0.5) is 5.69 Å². The molecule has 0 spiro atoms. The number of sulfonamides is 1. The van der Waals surface area contributed by atoms with Gasteiger partial charge in [-0.2, -0.15) is 4.31 Å². The van der Waals surface area contributed by atoms with Gasteiger partial charge in [-0.15, -0.1) is 0 Å². The molecule has 1 saturated heterocycles. The molecule has 6 nitrogen and oxygen atoms in total. The van der Waals surface area contributed by atoms with Crippen LogP contribution in [0.3, 0.4) is 0 Å². The summed E-state index contributed by atoms with van der Waals surface area (Å²) in [6.45, 7) is 0.918. The second kappa shape index (κ2) is 6.92. The highest BCUT2D eigenvalue weighted by atomic mass is 32.2. The quantitative estimate of drug-likeness (QED) is 0.599. The summed E-state index contributed by atoms with van der Waals surface area (Å²) in [5.74, 6) is 0. The minimum atomic E-state index is -3.74. The lowest BCUT2D eigenvalue weighted by atomic mass is 10.3. The van der Waals surface area contributed by atoms with Crippen LogP contribution in [-0.4, -0.2) is 30.7 Å². The first-order chi connectivity index (χ1) is 11.5. The van der Waals surface area contributed by atoms with Crippen molar-refractivity contribution in [2.24, 2.45) is 0 Å². The van der Waals surface area contributed by atoms with E-state index in [1.807, 2.05) is 30.3 Å². The maximum atomic E-state index is 12.9. The Morgan fingerprint density at radius 3 is 2.33 bits per heavy atom. The SMILES string of the molecule is O=[N+]([O-])c1ccc(Sc2ccccc2)c(S(=O)(=O)N2CCCC2)c1. The predicted octanol–water partition coefficient (Wildman–Crippen LogP) is 3.53. The monoisotopic (exact) mass is 364 g/mol. The molecule has 3 rings (SSSR count). The standard InChI is InChI=1S/C16H16N2O4S2/c19-18(20)13-8-9-15(23-14-6-2-1-3-7-14)16(12-13)24(21,22)17-10-4-5-11-17/h1-3,6-9,12H,4-5,10-11H2. The molecule has 0 N–H and O–H groups in total. The largest absolute Gasteiger partial charge is 0.270 e. The highest BCUT2D eigenvalue weighted by Crippen LogP contribution is 2.36. The van der Waals surface area contributed by atoms with Crippen LogP contribution in [0.15, 0.2) is 63.2 Å². The average Bonchev–Trinajstić information content (AvgIpc) is 3.11. The van der Waals surface area contributed by atoms with E-state index in [2.05, 4.69) is 0 Å². The van der Waals surface area contributed by atoms with Crippen molar-refractivity contribution in [3.05, 3.63) is 58.6 Å². The molecular formula is C16H16N2O4S2. The number of hydrogen-bond donors (Lipinski definition) is 0. The summed E-state index contributed by atoms with van der Waals surface area (Å²) in [5, 5.41) is 11.1. The topological polar surface area (TPSA) is 80.5 Å². The van der Waals surface area contributed by atoms with Gasteiger partial charge in [0.15, 0.2) is 0 Å². The van der Waals surface area contributed by atoms with E-state index in [1.54, 1.807) is 0 Å². The van der Waals surface area contributed by atoms with E-state index in [-0.39, 0.29) is 10.6 Å². The first-order valence-corrected chi connectivity index (χ1v) is 9.75. The van der Waals surface area contributed by atoms with Crippen molar-refractivity contribution in [1.29, 1.82) is 0 Å². The summed E-state index contributed by atoms with van der Waals surface area (Å²) >= 11 is 1.29. The van der Waals surface area contributed by atoms with Gasteiger partial charge in [0, 0.05) is 35.0 Å². The fraction of sp³-hybridized carbons (Fsp3) is 0.250. The lowest BCUT2D eigenvalue weighted by Crippen LogP contribution is -2.28. The van der Waals surface area contributed by atoms with E-state index < -0.39 is 14.9 Å². The average molecular weight is 364 g/mol. The highest BCUT2D eigenvalue weighted by molar-refractivity contribution is 8.00. The van der Waals surface area contributed by atoms with E-state index in [0.717, 1.165) is 17.7 Å². The van der Waals surface area contributed by atoms with Gasteiger partial charge >= 0.3 is 0 Å². The highest BCUT2D eigenvalue weighted by Gasteiger charge is 2.31. The van der Waals surface area contributed by atoms with Crippen LogP contribution in [-0.2, 0) is 10.0 Å². The van der Waals surface area contributed by atoms with Crippen LogP contribution in [0, 0.1) is 10.1 Å². The van der Waals surface area contributed by atoms with Crippen molar-refractivity contribution in [3.63, 3.8) is 0 Å². The van der Waals surface area contributed by atoms with Gasteiger partial charge in [0.1, 0.15) is 4.90 Å². The second-order valence-electron chi connectivity index (χ2n) is 5.41. The fourth-order valence-electron chi connectivity index (χ4n) is 2.58. The third-order valence-electron chi connectivity index (χ3n) is 3.79. The normalized spacial score (nSPS) is 15.5. The van der Waals surface area contributed by atoms with Crippen LogP contribution in [0.5, 0.6) is 0 Å². The molecule has 1 heterocycles. The van der Waals surface area contributed by atoms with E-state index in [0.29, 0.717) is 18.0 Å². The number of nitro benzene ring substituents is 1. The number of hydrogen-bond acceptors (Lipinski definition) is 5. The molecule has 0 amide bonds. The first kappa shape index (κ1) is 16.9. The molecule has 8 heteroatoms. The lowest BCUT2D eigenvalue weighted by Gasteiger charge is -2.17. The number of benzene rings is 2. The Kier molecular flexibility index (Phi) is 4.88. The third-order valence-corrected chi connectivity index (χ3v) is 6.94. The van der Waals surface area contributed by atoms with Gasteiger partial charge in [0.05, 0.1) is 4.92 Å². The Morgan fingerprint density at radius 1 is 1.04 bits per heavy atom. The van der Waals surface area contributed by atoms with Gasteiger partial charge in [-0.3, -0.25) is 10.1 Å². The van der Waals surface area contributed by atoms with E-state index in [1.165, 1.54) is 34.3 Å². The molecule has 24 heavy (non-hydrogen) atoms. The zero-order valence-electron chi connectivity index (χ0n) is 12.8. The van der Waals surface area contributed by atoms with E-state index in [4.69, 9.17) is 0 Å². The zero-order chi connectivity index (χ0) is 17.2. The van der Waals surface area contributed by atoms with Crippen molar-refractivity contribution in [2.45, 2.75) is 27.5 Å². The molecule has 0 aliphatic carbocycles. The third kappa shape index (κ3) is 3.45. The molecule has 0 aromatic heterocycles. The van der Waals surface area contributed by atoms with Crippen molar-refractivity contribution in [1.82, 2.24) is 4.31 Å². The summed E-state index contributed by atoms with van der Waals surface area (Å²) in [5.41, 5.74) is -0.217. The number of nitrogens with zero attached hydrogens (tertiary/aromatic N) is 2. The Bertz CT molecular complexity index is 848. The van der Waals surface area contributed by atoms with E-state index in [9.17, 15) is 18.5 Å². The molecular weight excluding hydrogens is 348 g/mol. The summed E-state index contributed by atoms with van der Waals surface area (Å²) in [6.07, 6.45) is 1.63. The predicted molar refractivity (Wildman–Crippen MR) is 91.7 cm³/mol. The van der Waals surface area contributed by atoms with Crippen molar-refractivity contribution < 1.29 is 13.3 Å². The molecule has 2 aromatic rings. The van der Waals surface area contributed by atoms with Gasteiger partial charge in [0.2, 0.25) is 10.0 Å². The van der Waals surface area contributed by atoms with Crippen molar-refractivity contribution in [3.8, 4) is 0 Å². The smallest absolute Gasteiger partial charge is 0.258 e. The van der Waals surface area contributed by atoms with Crippen LogP contribution in [0.2, 0.25) is 0 Å². The molecule has 0 bridgehead atoms. The molecule has 1 aliphatic rings. The Hall–Kier alpha value is -1.90. The van der Waals surface area contributed by atoms with E-state index >= 15 is 0 Å². The van der Waals surface area contributed by atoms with Gasteiger partial charge in [-0.1, -0.05) is 30.0 Å². The second-order valence-corrected chi connectivity index (χ2v) is 8.44. The lowest BCUT2D eigenvalue weighted by molar-refractivity contribution is -0.385. The summed E-state index contributed by atoms with van der Waals surface area (Å²) in [6, 6.07) is 13.4. The zero-order valence-corrected chi connectivity index (χ0v) is 14.4. The summed E-state index contributed by atoms with van der Waals surface area (Å²) in [4.78, 5) is 11.9. The van der Waals surface area contributed by atoms with Gasteiger partial charge in [0.25, 0.3) is 5.69 Å². The summed E-state index contributed by atoms with van der Waals surface area (Å²) in [7, 11) is -3.74. The molecule has 0 saturated carbocycles. The number of non-ortho nitro benzene ring substituents is 1. The first-order valence-electron chi connectivity index (χ1n) is 7.50. The molecule has 126 valence electrons. The molecule has 1 aliphatic heterocycles. The number of nitro groups is 1. The Balaban J connectivity index is 2.06. The Morgan fingerprint density at radius 2 is 1.71 bits per heavy atom. The fourth-order valence-corrected chi connectivity index (χ4v) is 5.47. The minimum absolute atomic E-state index is 0.00690. The number of rotatable bonds is 5. The molecule has 0 unspecified atom stereocenters. The van der Waals surface area contributed by atoms with Gasteiger partial charge < -0.3 is 0 Å². The summed E-state index contributed by atoms with van der Waals surface area (Å²) < 4.78 is 27.2. The maximum absolute atomic E-state index is 12.9. The molecule has 0 atom stereocenters. The van der Waals surface area contributed by atoms with Crippen LogP contribution in [0.25, 0.3) is 0 Å². The minimum Gasteiger partial charge on any atom is -0.258 e.